The smallest absolute Gasteiger partial charge is 0.249 e. The quantitative estimate of drug-likeness (QED) is 0.310. The summed E-state index contributed by atoms with van der Waals surface area (Å²) in [6.07, 6.45) is 3.44. The van der Waals surface area contributed by atoms with E-state index >= 15 is 0 Å². The predicted molar refractivity (Wildman–Crippen MR) is 107 cm³/mol. The molecular formula is C19H16ClN5O2S. The Hall–Kier alpha value is -2.84. The average Bonchev–Trinajstić information content (AvgIpc) is 3.41. The van der Waals surface area contributed by atoms with Gasteiger partial charge in [-0.15, -0.1) is 27.0 Å². The van der Waals surface area contributed by atoms with Gasteiger partial charge in [-0.2, -0.15) is 0 Å². The number of halogens is 1. The lowest BCUT2D eigenvalue weighted by molar-refractivity contribution is 0.528. The van der Waals surface area contributed by atoms with Crippen molar-refractivity contribution in [1.82, 2.24) is 25.0 Å². The van der Waals surface area contributed by atoms with E-state index in [-0.39, 0.29) is 0 Å². The summed E-state index contributed by atoms with van der Waals surface area (Å²) < 4.78 is 13.1. The lowest BCUT2D eigenvalue weighted by Crippen LogP contribution is -2.00. The van der Waals surface area contributed by atoms with Gasteiger partial charge in [-0.25, -0.2) is 0 Å². The van der Waals surface area contributed by atoms with Crippen LogP contribution in [0.4, 0.5) is 0 Å². The van der Waals surface area contributed by atoms with Crippen molar-refractivity contribution in [3.05, 3.63) is 65.9 Å². The Kier molecular flexibility index (Phi) is 5.31. The predicted octanol–water partition coefficient (Wildman–Crippen LogP) is 5.03. The van der Waals surface area contributed by atoms with Crippen LogP contribution in [-0.4, -0.2) is 25.0 Å². The van der Waals surface area contributed by atoms with Crippen LogP contribution in [0.3, 0.4) is 0 Å². The van der Waals surface area contributed by atoms with E-state index in [4.69, 9.17) is 20.4 Å². The molecule has 0 bridgehead atoms. The molecule has 0 radical (unpaired) electrons. The first kappa shape index (κ1) is 18.5. The van der Waals surface area contributed by atoms with Gasteiger partial charge in [0.25, 0.3) is 0 Å². The molecule has 4 aromatic rings. The van der Waals surface area contributed by atoms with E-state index in [1.165, 1.54) is 11.8 Å². The van der Waals surface area contributed by atoms with Crippen LogP contribution < -0.4 is 0 Å². The zero-order valence-electron chi connectivity index (χ0n) is 15.0. The average molecular weight is 414 g/mol. The molecule has 28 heavy (non-hydrogen) atoms. The zero-order chi connectivity index (χ0) is 19.5. The van der Waals surface area contributed by atoms with Crippen LogP contribution in [-0.2, 0) is 12.3 Å². The molecule has 3 aromatic heterocycles. The van der Waals surface area contributed by atoms with Crippen molar-refractivity contribution >= 4 is 23.4 Å². The van der Waals surface area contributed by atoms with Gasteiger partial charge < -0.3 is 8.83 Å². The topological polar surface area (TPSA) is 82.8 Å². The van der Waals surface area contributed by atoms with Gasteiger partial charge in [0.2, 0.25) is 11.8 Å². The van der Waals surface area contributed by atoms with Gasteiger partial charge in [-0.3, -0.25) is 4.57 Å². The number of hydrogen-bond acceptors (Lipinski definition) is 7. The van der Waals surface area contributed by atoms with Crippen LogP contribution in [0.15, 0.2) is 63.2 Å². The van der Waals surface area contributed by atoms with Crippen molar-refractivity contribution in [1.29, 1.82) is 0 Å². The first-order valence-electron chi connectivity index (χ1n) is 8.46. The minimum atomic E-state index is 0.392. The molecule has 0 fully saturated rings. The molecule has 0 spiro atoms. The highest BCUT2D eigenvalue weighted by atomic mass is 35.5. The standard InChI is InChI=1S/C19H16ClN5O2S/c1-3-9-25-17(13-8-10-26-12(13)2)22-24-19(25)28-11-16-21-23-18(27-16)14-6-4-5-7-15(14)20/h3-8,10H,1,9,11H2,2H3. The van der Waals surface area contributed by atoms with E-state index in [9.17, 15) is 0 Å². The van der Waals surface area contributed by atoms with Crippen LogP contribution >= 0.6 is 23.4 Å². The van der Waals surface area contributed by atoms with E-state index in [1.807, 2.05) is 35.8 Å². The van der Waals surface area contributed by atoms with Crippen molar-refractivity contribution < 1.29 is 8.83 Å². The monoisotopic (exact) mass is 413 g/mol. The zero-order valence-corrected chi connectivity index (χ0v) is 16.6. The fraction of sp³-hybridized carbons (Fsp3) is 0.158. The third-order valence-electron chi connectivity index (χ3n) is 4.02. The fourth-order valence-electron chi connectivity index (χ4n) is 2.69. The van der Waals surface area contributed by atoms with Crippen molar-refractivity contribution in [2.24, 2.45) is 0 Å². The second-order valence-corrected chi connectivity index (χ2v) is 7.22. The van der Waals surface area contributed by atoms with Crippen molar-refractivity contribution in [3.63, 3.8) is 0 Å². The van der Waals surface area contributed by atoms with Crippen molar-refractivity contribution in [3.8, 4) is 22.8 Å². The molecule has 3 heterocycles. The lowest BCUT2D eigenvalue weighted by atomic mass is 10.2. The number of aryl methyl sites for hydroxylation is 1. The highest BCUT2D eigenvalue weighted by Gasteiger charge is 2.18. The normalized spacial score (nSPS) is 11.1. The summed E-state index contributed by atoms with van der Waals surface area (Å²) in [6, 6.07) is 9.22. The molecule has 4 rings (SSSR count). The molecule has 1 aromatic carbocycles. The molecule has 0 N–H and O–H groups in total. The summed E-state index contributed by atoms with van der Waals surface area (Å²) >= 11 is 7.65. The van der Waals surface area contributed by atoms with Gasteiger partial charge in [0.15, 0.2) is 11.0 Å². The molecule has 0 unspecified atom stereocenters. The van der Waals surface area contributed by atoms with Gasteiger partial charge in [-0.05, 0) is 25.1 Å². The van der Waals surface area contributed by atoms with E-state index in [0.29, 0.717) is 34.7 Å². The molecular weight excluding hydrogens is 398 g/mol. The lowest BCUT2D eigenvalue weighted by Gasteiger charge is -2.06. The number of nitrogens with zero attached hydrogens (tertiary/aromatic N) is 5. The number of allylic oxidation sites excluding steroid dienone is 1. The molecule has 0 atom stereocenters. The summed E-state index contributed by atoms with van der Waals surface area (Å²) in [7, 11) is 0. The van der Waals surface area contributed by atoms with Crippen molar-refractivity contribution in [2.45, 2.75) is 24.4 Å². The maximum absolute atomic E-state index is 6.19. The number of hydrogen-bond donors (Lipinski definition) is 0. The maximum Gasteiger partial charge on any atom is 0.249 e. The van der Waals surface area contributed by atoms with Gasteiger partial charge >= 0.3 is 0 Å². The molecule has 0 amide bonds. The summed E-state index contributed by atoms with van der Waals surface area (Å²) in [4.78, 5) is 0. The van der Waals surface area contributed by atoms with Crippen LogP contribution in [0.5, 0.6) is 0 Å². The van der Waals surface area contributed by atoms with E-state index in [0.717, 1.165) is 22.3 Å². The Morgan fingerprint density at radius 2 is 2.00 bits per heavy atom. The highest BCUT2D eigenvalue weighted by Crippen LogP contribution is 2.30. The molecule has 9 heteroatoms. The van der Waals surface area contributed by atoms with E-state index in [2.05, 4.69) is 27.0 Å². The number of thioether (sulfide) groups is 1. The third kappa shape index (κ3) is 3.61. The maximum atomic E-state index is 6.19. The summed E-state index contributed by atoms with van der Waals surface area (Å²) in [5, 5.41) is 18.1. The third-order valence-corrected chi connectivity index (χ3v) is 5.31. The molecule has 0 saturated carbocycles. The molecule has 0 aliphatic heterocycles. The Balaban J connectivity index is 1.54. The number of benzene rings is 1. The van der Waals surface area contributed by atoms with Crippen LogP contribution in [0.25, 0.3) is 22.8 Å². The van der Waals surface area contributed by atoms with Gasteiger partial charge in [-0.1, -0.05) is 41.6 Å². The first-order valence-corrected chi connectivity index (χ1v) is 9.82. The number of rotatable bonds is 7. The largest absolute Gasteiger partial charge is 0.469 e. The number of furan rings is 1. The first-order chi connectivity index (χ1) is 13.7. The Morgan fingerprint density at radius 3 is 2.75 bits per heavy atom. The summed E-state index contributed by atoms with van der Waals surface area (Å²) in [5.74, 6) is 2.85. The Morgan fingerprint density at radius 1 is 1.14 bits per heavy atom. The van der Waals surface area contributed by atoms with E-state index in [1.54, 1.807) is 18.4 Å². The van der Waals surface area contributed by atoms with Gasteiger partial charge in [0.05, 0.1) is 28.2 Å². The summed E-state index contributed by atoms with van der Waals surface area (Å²) in [6.45, 7) is 6.29. The minimum absolute atomic E-state index is 0.392. The van der Waals surface area contributed by atoms with Crippen LogP contribution in [0.1, 0.15) is 11.7 Å². The SMILES string of the molecule is C=CCn1c(SCc2nnc(-c3ccccc3Cl)o2)nnc1-c1ccoc1C. The van der Waals surface area contributed by atoms with Crippen LogP contribution in [0.2, 0.25) is 5.02 Å². The van der Waals surface area contributed by atoms with E-state index < -0.39 is 0 Å². The minimum Gasteiger partial charge on any atom is -0.469 e. The second-order valence-electron chi connectivity index (χ2n) is 5.87. The second kappa shape index (κ2) is 8.04. The van der Waals surface area contributed by atoms with Crippen LogP contribution in [0, 0.1) is 6.92 Å². The van der Waals surface area contributed by atoms with Crippen molar-refractivity contribution in [2.75, 3.05) is 0 Å². The summed E-state index contributed by atoms with van der Waals surface area (Å²) in [5.41, 5.74) is 1.61. The Bertz CT molecular complexity index is 1120. The molecule has 0 saturated heterocycles. The highest BCUT2D eigenvalue weighted by molar-refractivity contribution is 7.98. The molecule has 0 aliphatic rings. The molecule has 0 aliphatic carbocycles. The molecule has 7 nitrogen and oxygen atoms in total. The fourth-order valence-corrected chi connectivity index (χ4v) is 3.69. The molecule has 142 valence electrons. The van der Waals surface area contributed by atoms with Gasteiger partial charge in [0, 0.05) is 6.54 Å². The van der Waals surface area contributed by atoms with Gasteiger partial charge in [0.1, 0.15) is 5.76 Å². The Labute approximate surface area is 170 Å². The number of aromatic nitrogens is 5.